The summed E-state index contributed by atoms with van der Waals surface area (Å²) < 4.78 is 13.2. The largest absolute Gasteiger partial charge is 0.366 e. The van der Waals surface area contributed by atoms with Gasteiger partial charge in [0.15, 0.2) is 0 Å². The summed E-state index contributed by atoms with van der Waals surface area (Å²) in [7, 11) is 0. The van der Waals surface area contributed by atoms with E-state index in [1.807, 2.05) is 31.2 Å². The average Bonchev–Trinajstić information content (AvgIpc) is 2.62. The molecule has 0 aliphatic carbocycles. The van der Waals surface area contributed by atoms with Crippen molar-refractivity contribution in [2.45, 2.75) is 12.8 Å². The summed E-state index contributed by atoms with van der Waals surface area (Å²) in [4.78, 5) is 15.8. The number of primary amides is 1. The van der Waals surface area contributed by atoms with Crippen molar-refractivity contribution in [2.24, 2.45) is 5.73 Å². The topological polar surface area (TPSA) is 56.0 Å². The van der Waals surface area contributed by atoms with Crippen LogP contribution in [0.4, 0.5) is 4.39 Å². The first-order valence-electron chi connectivity index (χ1n) is 7.66. The number of aromatic nitrogens is 1. The molecule has 0 aliphatic heterocycles. The molecule has 0 fully saturated rings. The van der Waals surface area contributed by atoms with Crippen LogP contribution in [0.1, 0.15) is 34.3 Å². The molecule has 1 atom stereocenters. The third kappa shape index (κ3) is 3.18. The second-order valence-electron chi connectivity index (χ2n) is 5.68. The first-order chi connectivity index (χ1) is 11.6. The van der Waals surface area contributed by atoms with Crippen molar-refractivity contribution in [2.75, 3.05) is 0 Å². The van der Waals surface area contributed by atoms with Crippen LogP contribution in [-0.2, 0) is 0 Å². The molecule has 1 heterocycles. The van der Waals surface area contributed by atoms with Gasteiger partial charge in [-0.25, -0.2) is 4.39 Å². The van der Waals surface area contributed by atoms with Crippen LogP contribution < -0.4 is 5.73 Å². The quantitative estimate of drug-likeness (QED) is 0.785. The maximum absolute atomic E-state index is 13.2. The molecule has 4 heteroatoms. The molecule has 120 valence electrons. The number of pyridine rings is 1. The van der Waals surface area contributed by atoms with E-state index in [-0.39, 0.29) is 11.7 Å². The Morgan fingerprint density at radius 2 is 1.67 bits per heavy atom. The van der Waals surface area contributed by atoms with Crippen LogP contribution in [0.2, 0.25) is 0 Å². The maximum Gasteiger partial charge on any atom is 0.248 e. The lowest BCUT2D eigenvalue weighted by Crippen LogP contribution is -2.15. The van der Waals surface area contributed by atoms with Gasteiger partial charge >= 0.3 is 0 Å². The minimum absolute atomic E-state index is 0.0881. The average molecular weight is 320 g/mol. The highest BCUT2D eigenvalue weighted by molar-refractivity contribution is 5.95. The van der Waals surface area contributed by atoms with Gasteiger partial charge in [-0.15, -0.1) is 0 Å². The Balaban J connectivity index is 2.09. The van der Waals surface area contributed by atoms with E-state index in [9.17, 15) is 9.18 Å². The summed E-state index contributed by atoms with van der Waals surface area (Å²) in [5.41, 5.74) is 9.74. The molecule has 1 amide bonds. The van der Waals surface area contributed by atoms with Gasteiger partial charge in [-0.05, 0) is 58.7 Å². The molecule has 2 N–H and O–H groups in total. The monoisotopic (exact) mass is 320 g/mol. The molecule has 0 spiro atoms. The molecule has 3 nitrogen and oxygen atoms in total. The van der Waals surface area contributed by atoms with Gasteiger partial charge in [0.05, 0.1) is 0 Å². The van der Waals surface area contributed by atoms with Crippen molar-refractivity contribution in [3.8, 4) is 11.1 Å². The smallest absolute Gasteiger partial charge is 0.248 e. The number of nitrogens with two attached hydrogens (primary N) is 1. The number of halogens is 1. The van der Waals surface area contributed by atoms with Gasteiger partial charge in [0.25, 0.3) is 0 Å². The lowest BCUT2D eigenvalue weighted by atomic mass is 9.87. The van der Waals surface area contributed by atoms with E-state index in [2.05, 4.69) is 4.98 Å². The molecule has 0 saturated carbocycles. The third-order valence-electron chi connectivity index (χ3n) is 4.17. The highest BCUT2D eigenvalue weighted by Crippen LogP contribution is 2.31. The summed E-state index contributed by atoms with van der Waals surface area (Å²) in [6.45, 7) is 1.98. The van der Waals surface area contributed by atoms with Crippen molar-refractivity contribution in [3.63, 3.8) is 0 Å². The lowest BCUT2D eigenvalue weighted by Gasteiger charge is -2.17. The SMILES string of the molecule is C[C@H](c1ccc(F)cc1)c1cc(-c2ccncc2)ccc1C(N)=O. The number of nitrogens with zero attached hydrogens (tertiary/aromatic N) is 1. The standard InChI is InChI=1S/C20H17FN2O/c1-13(14-2-5-17(21)6-3-14)19-12-16(4-7-18(19)20(22)24)15-8-10-23-11-9-15/h2-13H,1H3,(H2,22,24)/t13-/m1/s1. The van der Waals surface area contributed by atoms with E-state index < -0.39 is 5.91 Å². The highest BCUT2D eigenvalue weighted by Gasteiger charge is 2.17. The normalized spacial score (nSPS) is 11.9. The first-order valence-corrected chi connectivity index (χ1v) is 7.66. The van der Waals surface area contributed by atoms with Crippen LogP contribution >= 0.6 is 0 Å². The van der Waals surface area contributed by atoms with Gasteiger partial charge in [0.1, 0.15) is 5.82 Å². The highest BCUT2D eigenvalue weighted by atomic mass is 19.1. The zero-order chi connectivity index (χ0) is 17.1. The third-order valence-corrected chi connectivity index (χ3v) is 4.17. The Morgan fingerprint density at radius 1 is 1.00 bits per heavy atom. The maximum atomic E-state index is 13.2. The molecule has 3 rings (SSSR count). The van der Waals surface area contributed by atoms with Gasteiger partial charge < -0.3 is 5.73 Å². The molecule has 0 bridgehead atoms. The molecular formula is C20H17FN2O. The number of carbonyl (C=O) groups excluding carboxylic acids is 1. The van der Waals surface area contributed by atoms with Crippen molar-refractivity contribution in [1.82, 2.24) is 4.98 Å². The van der Waals surface area contributed by atoms with E-state index in [1.54, 1.807) is 30.6 Å². The molecule has 0 aliphatic rings. The predicted molar refractivity (Wildman–Crippen MR) is 92.1 cm³/mol. The minimum Gasteiger partial charge on any atom is -0.366 e. The summed E-state index contributed by atoms with van der Waals surface area (Å²) >= 11 is 0. The minimum atomic E-state index is -0.472. The van der Waals surface area contributed by atoms with E-state index in [0.29, 0.717) is 5.56 Å². The fourth-order valence-electron chi connectivity index (χ4n) is 2.80. The Kier molecular flexibility index (Phi) is 4.38. The summed E-state index contributed by atoms with van der Waals surface area (Å²) in [5.74, 6) is -0.846. The molecule has 3 aromatic rings. The van der Waals surface area contributed by atoms with Crippen LogP contribution in [0.25, 0.3) is 11.1 Å². The van der Waals surface area contributed by atoms with Gasteiger partial charge in [0, 0.05) is 23.9 Å². The first kappa shape index (κ1) is 15.9. The number of hydrogen-bond donors (Lipinski definition) is 1. The molecule has 1 aromatic heterocycles. The van der Waals surface area contributed by atoms with Crippen LogP contribution in [0.3, 0.4) is 0 Å². The summed E-state index contributed by atoms with van der Waals surface area (Å²) in [6, 6.07) is 15.7. The van der Waals surface area contributed by atoms with E-state index in [4.69, 9.17) is 5.73 Å². The number of benzene rings is 2. The Hall–Kier alpha value is -3.01. The van der Waals surface area contributed by atoms with Crippen molar-refractivity contribution in [3.05, 3.63) is 89.5 Å². The molecule has 2 aromatic carbocycles. The van der Waals surface area contributed by atoms with Crippen molar-refractivity contribution < 1.29 is 9.18 Å². The second kappa shape index (κ2) is 6.62. The van der Waals surface area contributed by atoms with E-state index in [1.165, 1.54) is 12.1 Å². The van der Waals surface area contributed by atoms with Gasteiger partial charge in [-0.2, -0.15) is 0 Å². The molecule has 24 heavy (non-hydrogen) atoms. The Morgan fingerprint density at radius 3 is 2.29 bits per heavy atom. The number of amides is 1. The zero-order valence-electron chi connectivity index (χ0n) is 13.2. The number of rotatable bonds is 4. The molecule has 0 unspecified atom stereocenters. The van der Waals surface area contributed by atoms with Crippen LogP contribution in [0.5, 0.6) is 0 Å². The Labute approximate surface area is 140 Å². The number of carbonyl (C=O) groups is 1. The van der Waals surface area contributed by atoms with Crippen LogP contribution in [-0.4, -0.2) is 10.9 Å². The van der Waals surface area contributed by atoms with Crippen LogP contribution in [0.15, 0.2) is 67.0 Å². The van der Waals surface area contributed by atoms with Gasteiger partial charge in [0.2, 0.25) is 5.91 Å². The van der Waals surface area contributed by atoms with Crippen LogP contribution in [0, 0.1) is 5.82 Å². The van der Waals surface area contributed by atoms with E-state index in [0.717, 1.165) is 22.3 Å². The van der Waals surface area contributed by atoms with Gasteiger partial charge in [-0.1, -0.05) is 25.1 Å². The number of hydrogen-bond acceptors (Lipinski definition) is 2. The summed E-state index contributed by atoms with van der Waals surface area (Å²) in [5, 5.41) is 0. The van der Waals surface area contributed by atoms with Crippen molar-refractivity contribution in [1.29, 1.82) is 0 Å². The summed E-state index contributed by atoms with van der Waals surface area (Å²) in [6.07, 6.45) is 3.45. The lowest BCUT2D eigenvalue weighted by molar-refractivity contribution is 0.0999. The predicted octanol–water partition coefficient (Wildman–Crippen LogP) is 4.14. The Bertz CT molecular complexity index is 861. The zero-order valence-corrected chi connectivity index (χ0v) is 13.2. The molecule has 0 saturated heterocycles. The molecular weight excluding hydrogens is 303 g/mol. The second-order valence-corrected chi connectivity index (χ2v) is 5.68. The van der Waals surface area contributed by atoms with Gasteiger partial charge in [-0.3, -0.25) is 9.78 Å². The fraction of sp³-hybridized carbons (Fsp3) is 0.100. The van der Waals surface area contributed by atoms with E-state index >= 15 is 0 Å². The molecule has 0 radical (unpaired) electrons. The van der Waals surface area contributed by atoms with Crippen molar-refractivity contribution >= 4 is 5.91 Å². The fourth-order valence-corrected chi connectivity index (χ4v) is 2.80.